The number of aromatic nitrogens is 5. The zero-order chi connectivity index (χ0) is 21.5. The predicted molar refractivity (Wildman–Crippen MR) is 116 cm³/mol. The first-order chi connectivity index (χ1) is 15.0. The molecule has 3 aromatic heterocycles. The number of nitrogens with zero attached hydrogens (tertiary/aromatic N) is 5. The number of hydrogen-bond donors (Lipinski definition) is 3. The predicted octanol–water partition coefficient (Wildman–Crippen LogP) is 2.37. The van der Waals surface area contributed by atoms with E-state index in [2.05, 4.69) is 25.3 Å². The third kappa shape index (κ3) is 3.63. The highest BCUT2D eigenvalue weighted by Crippen LogP contribution is 2.32. The molecule has 1 fully saturated rings. The molecule has 31 heavy (non-hydrogen) atoms. The van der Waals surface area contributed by atoms with Crippen molar-refractivity contribution in [2.24, 2.45) is 13.0 Å². The van der Waals surface area contributed by atoms with Crippen LogP contribution < -0.4 is 9.62 Å². The van der Waals surface area contributed by atoms with Crippen molar-refractivity contribution < 1.29 is 13.2 Å². The summed E-state index contributed by atoms with van der Waals surface area (Å²) < 4.78 is 26.6. The maximum absolute atomic E-state index is 12.1. The van der Waals surface area contributed by atoms with E-state index in [0.29, 0.717) is 22.8 Å². The molecule has 1 aliphatic carbocycles. The molecule has 2 N–H and O–H groups in total. The Morgan fingerprint density at radius 2 is 1.97 bits per heavy atom. The Morgan fingerprint density at radius 3 is 2.61 bits per heavy atom. The standard InChI is InChI=1S/C20H19N7O3S/c1-26-11-21-10-16(26)27(31(29)30)14-6-4-12(5-7-14)17-15-8-9-22-18(15)24-20(23-17)25-19(28)13-2-3-13/h4-11,13,31H,2-3H2,1H3,(H2,22,23,24,25,28). The number of aromatic amines is 1. The fourth-order valence-corrected chi connectivity index (χ4v) is 4.08. The number of nitrogens with one attached hydrogen (secondary N) is 2. The summed E-state index contributed by atoms with van der Waals surface area (Å²) in [5.74, 6) is 0.644. The quantitative estimate of drug-likeness (QED) is 0.398. The molecule has 0 saturated heterocycles. The highest BCUT2D eigenvalue weighted by Gasteiger charge is 2.30. The van der Waals surface area contributed by atoms with Gasteiger partial charge in [-0.05, 0) is 31.0 Å². The van der Waals surface area contributed by atoms with Crippen LogP contribution in [0.15, 0.2) is 49.1 Å². The SMILES string of the molecule is Cn1cncc1N(c1ccc(-c2nc(NC(=O)C3CC3)nc3[nH]ccc23)cc1)[SH](=O)=O. The molecule has 5 rings (SSSR count). The highest BCUT2D eigenvalue weighted by molar-refractivity contribution is 7.74. The smallest absolute Gasteiger partial charge is 0.232 e. The number of aryl methyl sites for hydroxylation is 1. The topological polar surface area (TPSA) is 126 Å². The summed E-state index contributed by atoms with van der Waals surface area (Å²) >= 11 is 0. The molecule has 4 aromatic rings. The van der Waals surface area contributed by atoms with Gasteiger partial charge in [0.1, 0.15) is 11.5 Å². The molecule has 158 valence electrons. The minimum Gasteiger partial charge on any atom is -0.346 e. The molecule has 1 aliphatic rings. The Kier molecular flexibility index (Phi) is 4.66. The number of rotatable bonds is 6. The van der Waals surface area contributed by atoms with Crippen molar-refractivity contribution in [2.45, 2.75) is 12.8 Å². The molecular formula is C20H19N7O3S. The number of thiol groups is 1. The molecule has 0 bridgehead atoms. The van der Waals surface area contributed by atoms with E-state index in [9.17, 15) is 13.2 Å². The third-order valence-electron chi connectivity index (χ3n) is 5.16. The number of hydrogen-bond acceptors (Lipinski definition) is 6. The number of imidazole rings is 1. The minimum absolute atomic E-state index is 0.0396. The lowest BCUT2D eigenvalue weighted by atomic mass is 10.1. The summed E-state index contributed by atoms with van der Waals surface area (Å²) in [6.07, 6.45) is 6.56. The molecule has 1 amide bonds. The lowest BCUT2D eigenvalue weighted by Gasteiger charge is -2.18. The maximum atomic E-state index is 12.1. The van der Waals surface area contributed by atoms with E-state index in [1.165, 1.54) is 16.8 Å². The summed E-state index contributed by atoms with van der Waals surface area (Å²) in [6, 6.07) is 8.85. The fourth-order valence-electron chi connectivity index (χ4n) is 3.40. The number of carbonyl (C=O) groups excluding carboxylic acids is 1. The number of benzene rings is 1. The molecular weight excluding hydrogens is 418 g/mol. The third-order valence-corrected chi connectivity index (χ3v) is 5.92. The Morgan fingerprint density at radius 1 is 1.19 bits per heavy atom. The van der Waals surface area contributed by atoms with E-state index in [4.69, 9.17) is 0 Å². The van der Waals surface area contributed by atoms with Gasteiger partial charge >= 0.3 is 0 Å². The molecule has 0 radical (unpaired) electrons. The minimum atomic E-state index is -2.91. The summed E-state index contributed by atoms with van der Waals surface area (Å²) in [7, 11) is -1.19. The van der Waals surface area contributed by atoms with Gasteiger partial charge in [-0.15, -0.1) is 0 Å². The van der Waals surface area contributed by atoms with Crippen molar-refractivity contribution in [1.29, 1.82) is 0 Å². The van der Waals surface area contributed by atoms with E-state index < -0.39 is 10.9 Å². The van der Waals surface area contributed by atoms with Gasteiger partial charge in [-0.3, -0.25) is 10.1 Å². The normalized spacial score (nSPS) is 13.6. The number of anilines is 3. The van der Waals surface area contributed by atoms with E-state index in [1.807, 2.05) is 6.07 Å². The highest BCUT2D eigenvalue weighted by atomic mass is 32.2. The van der Waals surface area contributed by atoms with Crippen LogP contribution in [0, 0.1) is 5.92 Å². The first-order valence-electron chi connectivity index (χ1n) is 9.68. The van der Waals surface area contributed by atoms with Crippen LogP contribution in [0.3, 0.4) is 0 Å². The van der Waals surface area contributed by atoms with E-state index in [1.54, 1.807) is 42.1 Å². The van der Waals surface area contributed by atoms with Crippen molar-refractivity contribution in [2.75, 3.05) is 9.62 Å². The molecule has 3 heterocycles. The molecule has 1 saturated carbocycles. The van der Waals surface area contributed by atoms with Crippen LogP contribution in [-0.2, 0) is 22.7 Å². The van der Waals surface area contributed by atoms with Gasteiger partial charge in [0, 0.05) is 30.1 Å². The zero-order valence-electron chi connectivity index (χ0n) is 16.5. The monoisotopic (exact) mass is 437 g/mol. The average Bonchev–Trinajstić information content (AvgIpc) is 3.37. The molecule has 10 nitrogen and oxygen atoms in total. The van der Waals surface area contributed by atoms with Crippen LogP contribution in [0.4, 0.5) is 17.5 Å². The van der Waals surface area contributed by atoms with Crippen molar-refractivity contribution >= 4 is 45.3 Å². The molecule has 0 aliphatic heterocycles. The number of H-pyrrole nitrogens is 1. The van der Waals surface area contributed by atoms with Crippen LogP contribution in [0.25, 0.3) is 22.3 Å². The van der Waals surface area contributed by atoms with Gasteiger partial charge in [0.2, 0.25) is 22.7 Å². The summed E-state index contributed by atoms with van der Waals surface area (Å²) in [4.78, 5) is 28.1. The molecule has 0 atom stereocenters. The Labute approximate surface area is 179 Å². The number of fused-ring (bicyclic) bond motifs is 1. The molecule has 0 unspecified atom stereocenters. The van der Waals surface area contributed by atoms with Crippen molar-refractivity contribution in [1.82, 2.24) is 24.5 Å². The van der Waals surface area contributed by atoms with E-state index in [0.717, 1.165) is 23.8 Å². The molecule has 11 heteroatoms. The molecule has 1 aromatic carbocycles. The van der Waals surface area contributed by atoms with E-state index in [-0.39, 0.29) is 17.8 Å². The van der Waals surface area contributed by atoms with Crippen molar-refractivity contribution in [3.8, 4) is 11.3 Å². The summed E-state index contributed by atoms with van der Waals surface area (Å²) in [5, 5.41) is 3.59. The zero-order valence-corrected chi connectivity index (χ0v) is 17.4. The van der Waals surface area contributed by atoms with Gasteiger partial charge in [-0.25, -0.2) is 22.7 Å². The second-order valence-electron chi connectivity index (χ2n) is 7.36. The van der Waals surface area contributed by atoms with Gasteiger partial charge in [0.25, 0.3) is 0 Å². The van der Waals surface area contributed by atoms with Crippen LogP contribution in [-0.4, -0.2) is 38.8 Å². The first-order valence-corrected chi connectivity index (χ1v) is 10.8. The van der Waals surface area contributed by atoms with E-state index >= 15 is 0 Å². The number of amides is 1. The van der Waals surface area contributed by atoms with Gasteiger partial charge in [0.15, 0.2) is 0 Å². The summed E-state index contributed by atoms with van der Waals surface area (Å²) in [5.41, 5.74) is 2.50. The maximum Gasteiger partial charge on any atom is 0.232 e. The largest absolute Gasteiger partial charge is 0.346 e. The Bertz CT molecular complexity index is 1340. The average molecular weight is 437 g/mol. The van der Waals surface area contributed by atoms with Crippen molar-refractivity contribution in [3.63, 3.8) is 0 Å². The Hall–Kier alpha value is -3.73. The number of carbonyl (C=O) groups is 1. The summed E-state index contributed by atoms with van der Waals surface area (Å²) in [6.45, 7) is 0. The van der Waals surface area contributed by atoms with Gasteiger partial charge in [-0.2, -0.15) is 4.98 Å². The fraction of sp³-hybridized carbons (Fsp3) is 0.200. The molecule has 0 spiro atoms. The lowest BCUT2D eigenvalue weighted by molar-refractivity contribution is -0.117. The van der Waals surface area contributed by atoms with Gasteiger partial charge in [0.05, 0.1) is 23.9 Å². The van der Waals surface area contributed by atoms with Crippen LogP contribution in [0.5, 0.6) is 0 Å². The van der Waals surface area contributed by atoms with Crippen molar-refractivity contribution in [3.05, 3.63) is 49.1 Å². The lowest BCUT2D eigenvalue weighted by Crippen LogP contribution is -2.17. The first kappa shape index (κ1) is 19.2. The van der Waals surface area contributed by atoms with Crippen LogP contribution in [0.2, 0.25) is 0 Å². The van der Waals surface area contributed by atoms with Crippen LogP contribution in [0.1, 0.15) is 12.8 Å². The van der Waals surface area contributed by atoms with Crippen LogP contribution >= 0.6 is 0 Å². The van der Waals surface area contributed by atoms with Gasteiger partial charge in [-0.1, -0.05) is 12.1 Å². The second kappa shape index (κ2) is 7.51. The Balaban J connectivity index is 1.52. The second-order valence-corrected chi connectivity index (χ2v) is 8.23. The van der Waals surface area contributed by atoms with Gasteiger partial charge < -0.3 is 9.55 Å².